The molecule has 4 rings (SSSR count). The highest BCUT2D eigenvalue weighted by atomic mass is 35.5. The largest absolute Gasteiger partial charge is 0.508 e. The Bertz CT molecular complexity index is 1250. The molecule has 0 spiro atoms. The van der Waals surface area contributed by atoms with Crippen molar-refractivity contribution in [3.63, 3.8) is 0 Å². The fraction of sp³-hybridized carbons (Fsp3) is 0.0556. The van der Waals surface area contributed by atoms with Crippen molar-refractivity contribution in [3.8, 4) is 17.5 Å². The number of hydrogen-bond donors (Lipinski definition) is 1. The molecular formula is C18H11ClN4O2. The Labute approximate surface area is 146 Å². The highest BCUT2D eigenvalue weighted by Crippen LogP contribution is 2.31. The number of aromatic hydroxyl groups is 1. The van der Waals surface area contributed by atoms with Gasteiger partial charge in [0.05, 0.1) is 28.4 Å². The van der Waals surface area contributed by atoms with Gasteiger partial charge in [0, 0.05) is 12.4 Å². The maximum atomic E-state index is 12.8. The second kappa shape index (κ2) is 5.36. The zero-order chi connectivity index (χ0) is 17.7. The van der Waals surface area contributed by atoms with E-state index in [9.17, 15) is 15.2 Å². The first kappa shape index (κ1) is 15.2. The van der Waals surface area contributed by atoms with Gasteiger partial charge in [0.2, 0.25) is 0 Å². The Morgan fingerprint density at radius 3 is 2.68 bits per heavy atom. The van der Waals surface area contributed by atoms with Crippen molar-refractivity contribution < 1.29 is 5.11 Å². The number of fused-ring (bicyclic) bond motifs is 3. The van der Waals surface area contributed by atoms with Crippen molar-refractivity contribution in [1.29, 1.82) is 5.26 Å². The lowest BCUT2D eigenvalue weighted by Crippen LogP contribution is -2.21. The monoisotopic (exact) mass is 350 g/mol. The van der Waals surface area contributed by atoms with Crippen LogP contribution in [0.4, 0.5) is 0 Å². The number of nitrogens with zero attached hydrogens (tertiary/aromatic N) is 4. The van der Waals surface area contributed by atoms with Crippen LogP contribution in [0.25, 0.3) is 27.6 Å². The summed E-state index contributed by atoms with van der Waals surface area (Å²) < 4.78 is 3.31. The molecule has 7 heteroatoms. The molecule has 0 amide bonds. The Morgan fingerprint density at radius 2 is 2.00 bits per heavy atom. The summed E-state index contributed by atoms with van der Waals surface area (Å²) in [6.45, 7) is 0. The first-order valence-corrected chi connectivity index (χ1v) is 7.78. The number of rotatable bonds is 1. The minimum Gasteiger partial charge on any atom is -0.508 e. The summed E-state index contributed by atoms with van der Waals surface area (Å²) >= 11 is 5.85. The van der Waals surface area contributed by atoms with E-state index in [0.29, 0.717) is 27.3 Å². The van der Waals surface area contributed by atoms with E-state index in [4.69, 9.17) is 11.6 Å². The van der Waals surface area contributed by atoms with Gasteiger partial charge < -0.3 is 9.67 Å². The maximum absolute atomic E-state index is 12.8. The van der Waals surface area contributed by atoms with Crippen LogP contribution in [0.3, 0.4) is 0 Å². The van der Waals surface area contributed by atoms with Crippen molar-refractivity contribution in [2.75, 3.05) is 0 Å². The van der Waals surface area contributed by atoms with Gasteiger partial charge in [0.15, 0.2) is 0 Å². The van der Waals surface area contributed by atoms with E-state index in [1.54, 1.807) is 36.4 Å². The molecule has 0 saturated heterocycles. The number of nitriles is 1. The Balaban J connectivity index is 2.28. The standard InChI is InChI=1S/C18H11ClN4O2/c1-22-14-4-3-12(24)7-13(14)17-15(22)6-10(8-20)18(25)23(17)11-2-5-16(19)21-9-11/h2-7,9,24H,1H3. The normalized spacial score (nSPS) is 11.1. The second-order valence-electron chi connectivity index (χ2n) is 5.64. The van der Waals surface area contributed by atoms with E-state index in [1.807, 2.05) is 17.7 Å². The number of halogens is 1. The molecule has 0 atom stereocenters. The molecule has 6 nitrogen and oxygen atoms in total. The summed E-state index contributed by atoms with van der Waals surface area (Å²) in [4.78, 5) is 16.9. The Kier molecular flexibility index (Phi) is 3.27. The summed E-state index contributed by atoms with van der Waals surface area (Å²) in [5, 5.41) is 20.3. The molecule has 122 valence electrons. The van der Waals surface area contributed by atoms with Gasteiger partial charge in [0.1, 0.15) is 22.5 Å². The Morgan fingerprint density at radius 1 is 1.20 bits per heavy atom. The highest BCUT2D eigenvalue weighted by molar-refractivity contribution is 6.29. The van der Waals surface area contributed by atoms with Crippen molar-refractivity contribution in [3.05, 3.63) is 63.7 Å². The average molecular weight is 351 g/mol. The van der Waals surface area contributed by atoms with Gasteiger partial charge in [-0.2, -0.15) is 5.26 Å². The number of pyridine rings is 2. The first-order chi connectivity index (χ1) is 12.0. The van der Waals surface area contributed by atoms with Crippen molar-refractivity contribution >= 4 is 33.5 Å². The van der Waals surface area contributed by atoms with Crippen LogP contribution in [0.1, 0.15) is 5.56 Å². The number of aryl methyl sites for hydroxylation is 1. The molecule has 0 aliphatic heterocycles. The number of hydrogen-bond acceptors (Lipinski definition) is 4. The van der Waals surface area contributed by atoms with E-state index in [2.05, 4.69) is 4.98 Å². The lowest BCUT2D eigenvalue weighted by Gasteiger charge is -2.09. The molecule has 0 unspecified atom stereocenters. The van der Waals surface area contributed by atoms with Crippen LogP contribution in [0.2, 0.25) is 5.15 Å². The second-order valence-corrected chi connectivity index (χ2v) is 6.03. The van der Waals surface area contributed by atoms with E-state index >= 15 is 0 Å². The topological polar surface area (TPSA) is 83.8 Å². The van der Waals surface area contributed by atoms with Gasteiger partial charge in [-0.25, -0.2) is 4.98 Å². The van der Waals surface area contributed by atoms with Crippen LogP contribution in [0, 0.1) is 11.3 Å². The predicted molar refractivity (Wildman–Crippen MR) is 95.2 cm³/mol. The van der Waals surface area contributed by atoms with Crippen LogP contribution >= 0.6 is 11.6 Å². The van der Waals surface area contributed by atoms with Gasteiger partial charge in [0.25, 0.3) is 5.56 Å². The average Bonchev–Trinajstić information content (AvgIpc) is 2.87. The summed E-state index contributed by atoms with van der Waals surface area (Å²) in [7, 11) is 1.85. The van der Waals surface area contributed by atoms with E-state index in [-0.39, 0.29) is 11.3 Å². The smallest absolute Gasteiger partial charge is 0.273 e. The molecule has 25 heavy (non-hydrogen) atoms. The number of phenolic OH excluding ortho intramolecular Hbond substituents is 1. The van der Waals surface area contributed by atoms with Crippen LogP contribution in [-0.4, -0.2) is 19.2 Å². The SMILES string of the molecule is Cn1c2ccc(O)cc2c2c1cc(C#N)c(=O)n2-c1ccc(Cl)nc1. The minimum absolute atomic E-state index is 0.0255. The maximum Gasteiger partial charge on any atom is 0.273 e. The van der Waals surface area contributed by atoms with Gasteiger partial charge in [-0.3, -0.25) is 9.36 Å². The summed E-state index contributed by atoms with van der Waals surface area (Å²) in [6.07, 6.45) is 1.48. The summed E-state index contributed by atoms with van der Waals surface area (Å²) in [5.41, 5.74) is 2.20. The quantitative estimate of drug-likeness (QED) is 0.535. The molecule has 4 aromatic rings. The highest BCUT2D eigenvalue weighted by Gasteiger charge is 2.18. The lowest BCUT2D eigenvalue weighted by molar-refractivity contribution is 0.476. The molecule has 0 fully saturated rings. The molecule has 0 saturated carbocycles. The van der Waals surface area contributed by atoms with E-state index < -0.39 is 5.56 Å². The Hall–Kier alpha value is -3.30. The van der Waals surface area contributed by atoms with Crippen LogP contribution < -0.4 is 5.56 Å². The first-order valence-electron chi connectivity index (χ1n) is 7.40. The molecule has 0 bridgehead atoms. The minimum atomic E-state index is -0.449. The molecule has 0 radical (unpaired) electrons. The molecule has 3 aromatic heterocycles. The van der Waals surface area contributed by atoms with Crippen molar-refractivity contribution in [2.24, 2.45) is 7.05 Å². The zero-order valence-corrected chi connectivity index (χ0v) is 13.8. The zero-order valence-electron chi connectivity index (χ0n) is 13.1. The summed E-state index contributed by atoms with van der Waals surface area (Å²) in [5.74, 6) is 0.0950. The van der Waals surface area contributed by atoms with E-state index in [1.165, 1.54) is 10.8 Å². The van der Waals surface area contributed by atoms with Gasteiger partial charge in [-0.15, -0.1) is 0 Å². The van der Waals surface area contributed by atoms with Crippen LogP contribution in [0.5, 0.6) is 5.75 Å². The molecule has 0 aliphatic rings. The van der Waals surface area contributed by atoms with Crippen LogP contribution in [0.15, 0.2) is 47.4 Å². The number of aromatic nitrogens is 3. The predicted octanol–water partition coefficient (Wildman–Crippen LogP) is 3.11. The summed E-state index contributed by atoms with van der Waals surface area (Å²) in [6, 6.07) is 11.7. The fourth-order valence-electron chi connectivity index (χ4n) is 3.08. The fourth-order valence-corrected chi connectivity index (χ4v) is 3.19. The third kappa shape index (κ3) is 2.17. The molecule has 1 N–H and O–H groups in total. The van der Waals surface area contributed by atoms with E-state index in [0.717, 1.165) is 5.52 Å². The van der Waals surface area contributed by atoms with Crippen molar-refractivity contribution in [1.82, 2.24) is 14.1 Å². The number of benzene rings is 1. The number of phenols is 1. The molecule has 3 heterocycles. The third-order valence-electron chi connectivity index (χ3n) is 4.23. The lowest BCUT2D eigenvalue weighted by atomic mass is 10.2. The van der Waals surface area contributed by atoms with Crippen LogP contribution in [-0.2, 0) is 7.05 Å². The molecular weight excluding hydrogens is 340 g/mol. The van der Waals surface area contributed by atoms with Gasteiger partial charge >= 0.3 is 0 Å². The van der Waals surface area contributed by atoms with Gasteiger partial charge in [-0.1, -0.05) is 11.6 Å². The molecule has 1 aromatic carbocycles. The van der Waals surface area contributed by atoms with Gasteiger partial charge in [-0.05, 0) is 36.4 Å². The molecule has 0 aliphatic carbocycles. The third-order valence-corrected chi connectivity index (χ3v) is 4.45. The van der Waals surface area contributed by atoms with Crippen molar-refractivity contribution in [2.45, 2.75) is 0 Å².